The van der Waals surface area contributed by atoms with Crippen molar-refractivity contribution in [2.24, 2.45) is 0 Å². The summed E-state index contributed by atoms with van der Waals surface area (Å²) in [5.74, 6) is 0.491. The van der Waals surface area contributed by atoms with Crippen LogP contribution >= 0.6 is 23.1 Å². The molecule has 8 heteroatoms. The van der Waals surface area contributed by atoms with Gasteiger partial charge in [0.05, 0.1) is 5.25 Å². The van der Waals surface area contributed by atoms with Crippen LogP contribution in [-0.4, -0.2) is 26.3 Å². The van der Waals surface area contributed by atoms with E-state index in [2.05, 4.69) is 20.5 Å². The predicted molar refractivity (Wildman–Crippen MR) is 102 cm³/mol. The van der Waals surface area contributed by atoms with Gasteiger partial charge in [0.1, 0.15) is 12.1 Å². The van der Waals surface area contributed by atoms with Crippen molar-refractivity contribution in [2.45, 2.75) is 29.7 Å². The standard InChI is InChI=1S/C18H18N4O2S2/c1-13(26-18-22-21-12-25-18)17(23)20-10-15-7-8-19-16(9-15)24-11-14-5-3-2-4-6-14/h2-9,12-13H,10-11H2,1H3,(H,20,23)/t13-/m1/s1. The lowest BCUT2D eigenvalue weighted by atomic mass is 10.2. The second kappa shape index (κ2) is 9.30. The van der Waals surface area contributed by atoms with Crippen molar-refractivity contribution in [1.29, 1.82) is 0 Å². The number of pyridine rings is 1. The minimum absolute atomic E-state index is 0.0474. The van der Waals surface area contributed by atoms with Gasteiger partial charge in [0, 0.05) is 18.8 Å². The zero-order chi connectivity index (χ0) is 18.2. The molecule has 134 valence electrons. The van der Waals surface area contributed by atoms with E-state index in [1.165, 1.54) is 23.1 Å². The summed E-state index contributed by atoms with van der Waals surface area (Å²) in [6.07, 6.45) is 1.68. The molecule has 1 N–H and O–H groups in total. The third-order valence-electron chi connectivity index (χ3n) is 3.48. The molecule has 0 fully saturated rings. The van der Waals surface area contributed by atoms with E-state index in [0.717, 1.165) is 15.5 Å². The first-order valence-corrected chi connectivity index (χ1v) is 9.79. The molecule has 1 atom stereocenters. The Kier molecular flexibility index (Phi) is 6.56. The number of carbonyl (C=O) groups is 1. The summed E-state index contributed by atoms with van der Waals surface area (Å²) >= 11 is 2.82. The molecule has 0 spiro atoms. The lowest BCUT2D eigenvalue weighted by Gasteiger charge is -2.11. The summed E-state index contributed by atoms with van der Waals surface area (Å²) in [6, 6.07) is 13.6. The number of nitrogens with one attached hydrogen (secondary N) is 1. The second-order valence-corrected chi connectivity index (χ2v) is 7.88. The molecule has 0 unspecified atom stereocenters. The summed E-state index contributed by atoms with van der Waals surface area (Å²) in [5, 5.41) is 10.4. The first-order chi connectivity index (χ1) is 12.7. The zero-order valence-electron chi connectivity index (χ0n) is 14.2. The van der Waals surface area contributed by atoms with Crippen LogP contribution < -0.4 is 10.1 Å². The van der Waals surface area contributed by atoms with Gasteiger partial charge in [-0.3, -0.25) is 4.79 Å². The molecule has 0 saturated carbocycles. The summed E-state index contributed by atoms with van der Waals surface area (Å²) in [7, 11) is 0. The van der Waals surface area contributed by atoms with E-state index in [9.17, 15) is 4.79 Å². The van der Waals surface area contributed by atoms with Gasteiger partial charge in [0.2, 0.25) is 11.8 Å². The molecule has 0 aliphatic heterocycles. The maximum atomic E-state index is 12.2. The fraction of sp³-hybridized carbons (Fsp3) is 0.222. The molecule has 3 aromatic rings. The highest BCUT2D eigenvalue weighted by molar-refractivity contribution is 8.02. The summed E-state index contributed by atoms with van der Waals surface area (Å²) in [6.45, 7) is 2.73. The molecule has 6 nitrogen and oxygen atoms in total. The zero-order valence-corrected chi connectivity index (χ0v) is 15.8. The number of thioether (sulfide) groups is 1. The predicted octanol–water partition coefficient (Wildman–Crippen LogP) is 3.31. The fourth-order valence-corrected chi connectivity index (χ4v) is 3.77. The summed E-state index contributed by atoms with van der Waals surface area (Å²) < 4.78 is 6.50. The Morgan fingerprint density at radius 1 is 1.27 bits per heavy atom. The molecule has 0 aliphatic carbocycles. The molecule has 2 aromatic heterocycles. The number of ether oxygens (including phenoxy) is 1. The number of nitrogens with zero attached hydrogens (tertiary/aromatic N) is 3. The maximum absolute atomic E-state index is 12.2. The molecule has 1 amide bonds. The smallest absolute Gasteiger partial charge is 0.233 e. The molecule has 0 radical (unpaired) electrons. The molecule has 3 rings (SSSR count). The Hall–Kier alpha value is -2.45. The van der Waals surface area contributed by atoms with Crippen LogP contribution in [0, 0.1) is 0 Å². The van der Waals surface area contributed by atoms with Gasteiger partial charge < -0.3 is 10.1 Å². The van der Waals surface area contributed by atoms with Crippen molar-refractivity contribution in [3.05, 3.63) is 65.3 Å². The molecule has 1 aromatic carbocycles. The molecular formula is C18H18N4O2S2. The van der Waals surface area contributed by atoms with Crippen molar-refractivity contribution in [1.82, 2.24) is 20.5 Å². The highest BCUT2D eigenvalue weighted by atomic mass is 32.2. The lowest BCUT2D eigenvalue weighted by molar-refractivity contribution is -0.120. The Balaban J connectivity index is 1.49. The van der Waals surface area contributed by atoms with Gasteiger partial charge in [-0.1, -0.05) is 53.4 Å². The third-order valence-corrected chi connectivity index (χ3v) is 5.39. The van der Waals surface area contributed by atoms with Crippen molar-refractivity contribution >= 4 is 29.0 Å². The normalized spacial score (nSPS) is 11.7. The van der Waals surface area contributed by atoms with Gasteiger partial charge in [-0.15, -0.1) is 10.2 Å². The first-order valence-electron chi connectivity index (χ1n) is 8.03. The molecule has 0 aliphatic rings. The summed E-state index contributed by atoms with van der Waals surface area (Å²) in [4.78, 5) is 16.4. The number of carbonyl (C=O) groups excluding carboxylic acids is 1. The highest BCUT2D eigenvalue weighted by Gasteiger charge is 2.15. The lowest BCUT2D eigenvalue weighted by Crippen LogP contribution is -2.30. The van der Waals surface area contributed by atoms with E-state index < -0.39 is 0 Å². The molecular weight excluding hydrogens is 368 g/mol. The number of benzene rings is 1. The van der Waals surface area contributed by atoms with Crippen LogP contribution in [0.25, 0.3) is 0 Å². The van der Waals surface area contributed by atoms with Crippen LogP contribution in [0.5, 0.6) is 5.88 Å². The van der Waals surface area contributed by atoms with Gasteiger partial charge in [-0.2, -0.15) is 0 Å². The van der Waals surface area contributed by atoms with Crippen LogP contribution in [0.1, 0.15) is 18.1 Å². The minimum atomic E-state index is -0.237. The summed E-state index contributed by atoms with van der Waals surface area (Å²) in [5.41, 5.74) is 3.67. The van der Waals surface area contributed by atoms with Crippen molar-refractivity contribution in [3.8, 4) is 5.88 Å². The van der Waals surface area contributed by atoms with Crippen LogP contribution in [-0.2, 0) is 17.9 Å². The number of hydrogen-bond acceptors (Lipinski definition) is 7. The van der Waals surface area contributed by atoms with Crippen LogP contribution in [0.15, 0.2) is 58.5 Å². The number of rotatable bonds is 8. The molecule has 26 heavy (non-hydrogen) atoms. The van der Waals surface area contributed by atoms with Gasteiger partial charge in [-0.05, 0) is 24.1 Å². The van der Waals surface area contributed by atoms with E-state index in [0.29, 0.717) is 19.0 Å². The largest absolute Gasteiger partial charge is 0.473 e. The van der Waals surface area contributed by atoms with Gasteiger partial charge in [-0.25, -0.2) is 4.98 Å². The SMILES string of the molecule is C[C@@H](Sc1nncs1)C(=O)NCc1ccnc(OCc2ccccc2)c1. The van der Waals surface area contributed by atoms with E-state index in [1.54, 1.807) is 11.7 Å². The van der Waals surface area contributed by atoms with Gasteiger partial charge >= 0.3 is 0 Å². The Bertz CT molecular complexity index is 828. The van der Waals surface area contributed by atoms with E-state index in [-0.39, 0.29) is 11.2 Å². The molecule has 0 saturated heterocycles. The molecule has 2 heterocycles. The van der Waals surface area contributed by atoms with Crippen molar-refractivity contribution < 1.29 is 9.53 Å². The fourth-order valence-electron chi connectivity index (χ4n) is 2.12. The van der Waals surface area contributed by atoms with Gasteiger partial charge in [0.25, 0.3) is 0 Å². The van der Waals surface area contributed by atoms with Crippen molar-refractivity contribution in [2.75, 3.05) is 0 Å². The first kappa shape index (κ1) is 18.3. The minimum Gasteiger partial charge on any atom is -0.473 e. The van der Waals surface area contributed by atoms with Crippen molar-refractivity contribution in [3.63, 3.8) is 0 Å². The highest BCUT2D eigenvalue weighted by Crippen LogP contribution is 2.24. The van der Waals surface area contributed by atoms with Gasteiger partial charge in [0.15, 0.2) is 4.34 Å². The maximum Gasteiger partial charge on any atom is 0.233 e. The molecule has 0 bridgehead atoms. The topological polar surface area (TPSA) is 77.0 Å². The Morgan fingerprint density at radius 3 is 2.88 bits per heavy atom. The average Bonchev–Trinajstić information content (AvgIpc) is 3.18. The number of aromatic nitrogens is 3. The monoisotopic (exact) mass is 386 g/mol. The number of amides is 1. The van der Waals surface area contributed by atoms with E-state index in [4.69, 9.17) is 4.74 Å². The van der Waals surface area contributed by atoms with Crippen LogP contribution in [0.4, 0.5) is 0 Å². The van der Waals surface area contributed by atoms with E-state index >= 15 is 0 Å². The Morgan fingerprint density at radius 2 is 2.12 bits per heavy atom. The third kappa shape index (κ3) is 5.53. The quantitative estimate of drug-likeness (QED) is 0.599. The van der Waals surface area contributed by atoms with Crippen LogP contribution in [0.3, 0.4) is 0 Å². The average molecular weight is 387 g/mol. The van der Waals surface area contributed by atoms with Crippen LogP contribution in [0.2, 0.25) is 0 Å². The second-order valence-electron chi connectivity index (χ2n) is 5.46. The van der Waals surface area contributed by atoms with E-state index in [1.807, 2.05) is 49.4 Å². The number of hydrogen-bond donors (Lipinski definition) is 1. The Labute approximate surface area is 160 Å².